The van der Waals surface area contributed by atoms with E-state index >= 15 is 0 Å². The van der Waals surface area contributed by atoms with Gasteiger partial charge in [0.1, 0.15) is 5.82 Å². The molecule has 0 fully saturated rings. The van der Waals surface area contributed by atoms with Crippen LogP contribution in [0.3, 0.4) is 0 Å². The lowest BCUT2D eigenvalue weighted by Gasteiger charge is -2.05. The van der Waals surface area contributed by atoms with Crippen LogP contribution >= 0.6 is 11.6 Å². The van der Waals surface area contributed by atoms with Crippen molar-refractivity contribution in [3.05, 3.63) is 34.6 Å². The molecule has 1 nitrogen and oxygen atoms in total. The van der Waals surface area contributed by atoms with Crippen LogP contribution in [0.4, 0.5) is 4.39 Å². The highest BCUT2D eigenvalue weighted by molar-refractivity contribution is 6.31. The molecule has 1 atom stereocenters. The van der Waals surface area contributed by atoms with E-state index in [0.29, 0.717) is 11.4 Å². The Morgan fingerprint density at radius 3 is 2.75 bits per heavy atom. The standard InChI is InChI=1S/C9H10ClFO/c1-6(12)4-7-2-3-8(11)5-9(7)10/h2-3,5-6,12H,4H2,1H3/t6-/m0/s1. The molecule has 3 heteroatoms. The summed E-state index contributed by atoms with van der Waals surface area (Å²) in [5.74, 6) is -0.352. The minimum atomic E-state index is -0.451. The van der Waals surface area contributed by atoms with Crippen molar-refractivity contribution in [2.75, 3.05) is 0 Å². The molecule has 1 aromatic carbocycles. The van der Waals surface area contributed by atoms with Crippen molar-refractivity contribution in [2.24, 2.45) is 0 Å². The van der Waals surface area contributed by atoms with E-state index in [4.69, 9.17) is 16.7 Å². The zero-order valence-corrected chi connectivity index (χ0v) is 7.48. The van der Waals surface area contributed by atoms with Gasteiger partial charge in [0.05, 0.1) is 6.10 Å². The monoisotopic (exact) mass is 188 g/mol. The van der Waals surface area contributed by atoms with Gasteiger partial charge in [0.25, 0.3) is 0 Å². The van der Waals surface area contributed by atoms with Crippen molar-refractivity contribution < 1.29 is 9.50 Å². The van der Waals surface area contributed by atoms with E-state index in [2.05, 4.69) is 0 Å². The van der Waals surface area contributed by atoms with Gasteiger partial charge in [-0.2, -0.15) is 0 Å². The van der Waals surface area contributed by atoms with Crippen LogP contribution in [0.5, 0.6) is 0 Å². The lowest BCUT2D eigenvalue weighted by Crippen LogP contribution is -2.04. The second-order valence-corrected chi connectivity index (χ2v) is 3.20. The number of halogens is 2. The van der Waals surface area contributed by atoms with Gasteiger partial charge < -0.3 is 5.11 Å². The maximum atomic E-state index is 12.5. The Labute approximate surface area is 75.8 Å². The van der Waals surface area contributed by atoms with E-state index in [1.165, 1.54) is 12.1 Å². The summed E-state index contributed by atoms with van der Waals surface area (Å²) in [5, 5.41) is 9.42. The number of benzene rings is 1. The molecule has 0 aliphatic carbocycles. The van der Waals surface area contributed by atoms with Crippen LogP contribution in [0.1, 0.15) is 12.5 Å². The zero-order chi connectivity index (χ0) is 9.14. The largest absolute Gasteiger partial charge is 0.393 e. The summed E-state index contributed by atoms with van der Waals surface area (Å²) in [6.07, 6.45) is 0.00649. The molecule has 0 unspecified atom stereocenters. The Balaban J connectivity index is 2.86. The van der Waals surface area contributed by atoms with Gasteiger partial charge in [-0.25, -0.2) is 4.39 Å². The van der Waals surface area contributed by atoms with E-state index in [9.17, 15) is 4.39 Å². The minimum Gasteiger partial charge on any atom is -0.393 e. The molecular weight excluding hydrogens is 179 g/mol. The topological polar surface area (TPSA) is 20.2 Å². The van der Waals surface area contributed by atoms with Crippen molar-refractivity contribution in [3.63, 3.8) is 0 Å². The van der Waals surface area contributed by atoms with Crippen molar-refractivity contribution in [1.29, 1.82) is 0 Å². The van der Waals surface area contributed by atoms with E-state index in [1.807, 2.05) is 0 Å². The molecule has 12 heavy (non-hydrogen) atoms. The van der Waals surface area contributed by atoms with Gasteiger partial charge in [-0.3, -0.25) is 0 Å². The van der Waals surface area contributed by atoms with Gasteiger partial charge in [-0.1, -0.05) is 17.7 Å². The highest BCUT2D eigenvalue weighted by atomic mass is 35.5. The number of hydrogen-bond donors (Lipinski definition) is 1. The van der Waals surface area contributed by atoms with Crippen LogP contribution < -0.4 is 0 Å². The summed E-state index contributed by atoms with van der Waals surface area (Å²) < 4.78 is 12.5. The molecule has 1 rings (SSSR count). The lowest BCUT2D eigenvalue weighted by atomic mass is 10.1. The molecule has 0 aromatic heterocycles. The summed E-state index contributed by atoms with van der Waals surface area (Å²) >= 11 is 5.72. The molecule has 0 heterocycles. The molecule has 1 N–H and O–H groups in total. The maximum Gasteiger partial charge on any atom is 0.124 e. The molecule has 0 amide bonds. The van der Waals surface area contributed by atoms with Gasteiger partial charge in [0.2, 0.25) is 0 Å². The fourth-order valence-electron chi connectivity index (χ4n) is 1.01. The van der Waals surface area contributed by atoms with Crippen LogP contribution in [0, 0.1) is 5.82 Å². The fourth-order valence-corrected chi connectivity index (χ4v) is 1.25. The Kier molecular flexibility index (Phi) is 3.06. The number of hydrogen-bond acceptors (Lipinski definition) is 1. The Hall–Kier alpha value is -0.600. The third kappa shape index (κ3) is 2.47. The zero-order valence-electron chi connectivity index (χ0n) is 6.72. The summed E-state index contributed by atoms with van der Waals surface area (Å²) in [6.45, 7) is 1.67. The summed E-state index contributed by atoms with van der Waals surface area (Å²) in [4.78, 5) is 0. The first kappa shape index (κ1) is 9.49. The molecule has 0 bridgehead atoms. The Morgan fingerprint density at radius 1 is 1.58 bits per heavy atom. The normalized spacial score (nSPS) is 13.0. The predicted molar refractivity (Wildman–Crippen MR) is 46.8 cm³/mol. The molecule has 66 valence electrons. The molecule has 0 aliphatic heterocycles. The molecule has 0 saturated heterocycles. The number of aliphatic hydroxyl groups excluding tert-OH is 1. The van der Waals surface area contributed by atoms with Gasteiger partial charge in [-0.05, 0) is 31.0 Å². The van der Waals surface area contributed by atoms with Crippen molar-refractivity contribution >= 4 is 11.6 Å². The SMILES string of the molecule is C[C@H](O)Cc1ccc(F)cc1Cl. The molecule has 0 aliphatic rings. The van der Waals surface area contributed by atoms with Gasteiger partial charge in [0.15, 0.2) is 0 Å². The molecule has 0 spiro atoms. The van der Waals surface area contributed by atoms with Gasteiger partial charge >= 0.3 is 0 Å². The molecule has 1 aromatic rings. The van der Waals surface area contributed by atoms with E-state index in [0.717, 1.165) is 5.56 Å². The van der Waals surface area contributed by atoms with Gasteiger partial charge in [-0.15, -0.1) is 0 Å². The Bertz CT molecular complexity index is 273. The quantitative estimate of drug-likeness (QED) is 0.756. The predicted octanol–water partition coefficient (Wildman–Crippen LogP) is 2.40. The minimum absolute atomic E-state index is 0.352. The number of aliphatic hydroxyl groups is 1. The number of rotatable bonds is 2. The average Bonchev–Trinajstić information content (AvgIpc) is 1.94. The van der Waals surface area contributed by atoms with Crippen LogP contribution in [-0.2, 0) is 6.42 Å². The second kappa shape index (κ2) is 3.87. The highest BCUT2D eigenvalue weighted by Crippen LogP contribution is 2.18. The lowest BCUT2D eigenvalue weighted by molar-refractivity contribution is 0.195. The third-order valence-corrected chi connectivity index (χ3v) is 1.88. The summed E-state index contributed by atoms with van der Waals surface area (Å²) in [5.41, 5.74) is 0.771. The van der Waals surface area contributed by atoms with E-state index in [1.54, 1.807) is 13.0 Å². The van der Waals surface area contributed by atoms with Crippen molar-refractivity contribution in [1.82, 2.24) is 0 Å². The van der Waals surface area contributed by atoms with Crippen LogP contribution in [-0.4, -0.2) is 11.2 Å². The third-order valence-electron chi connectivity index (χ3n) is 1.53. The van der Waals surface area contributed by atoms with Crippen molar-refractivity contribution in [3.8, 4) is 0 Å². The molecule has 0 saturated carbocycles. The fraction of sp³-hybridized carbons (Fsp3) is 0.333. The molecular formula is C9H10ClFO. The summed E-state index contributed by atoms with van der Waals surface area (Å²) in [6, 6.07) is 4.17. The van der Waals surface area contributed by atoms with Crippen LogP contribution in [0.2, 0.25) is 5.02 Å². The van der Waals surface area contributed by atoms with Gasteiger partial charge in [0, 0.05) is 5.02 Å². The highest BCUT2D eigenvalue weighted by Gasteiger charge is 2.04. The first-order valence-electron chi connectivity index (χ1n) is 3.71. The molecule has 0 radical (unpaired) electrons. The average molecular weight is 189 g/mol. The van der Waals surface area contributed by atoms with Crippen LogP contribution in [0.15, 0.2) is 18.2 Å². The second-order valence-electron chi connectivity index (χ2n) is 2.79. The van der Waals surface area contributed by atoms with E-state index in [-0.39, 0.29) is 5.82 Å². The first-order valence-corrected chi connectivity index (χ1v) is 4.09. The smallest absolute Gasteiger partial charge is 0.124 e. The van der Waals surface area contributed by atoms with E-state index < -0.39 is 6.10 Å². The maximum absolute atomic E-state index is 12.5. The first-order chi connectivity index (χ1) is 5.59. The van der Waals surface area contributed by atoms with Crippen molar-refractivity contribution in [2.45, 2.75) is 19.4 Å². The summed E-state index contributed by atoms with van der Waals surface area (Å²) in [7, 11) is 0. The van der Waals surface area contributed by atoms with Crippen LogP contribution in [0.25, 0.3) is 0 Å². The Morgan fingerprint density at radius 2 is 2.25 bits per heavy atom.